The summed E-state index contributed by atoms with van der Waals surface area (Å²) in [4.78, 5) is 4.90. The minimum atomic E-state index is 0.156. The van der Waals surface area contributed by atoms with Gasteiger partial charge in [0.05, 0.1) is 0 Å². The molecule has 3 aromatic rings. The Hall–Kier alpha value is -1.66. The van der Waals surface area contributed by atoms with E-state index in [0.717, 1.165) is 15.6 Å². The van der Waals surface area contributed by atoms with Crippen molar-refractivity contribution in [3.63, 3.8) is 0 Å². The largest absolute Gasteiger partial charge is 0.506 e. The Morgan fingerprint density at radius 1 is 1.32 bits per heavy atom. The van der Waals surface area contributed by atoms with E-state index in [1.54, 1.807) is 11.4 Å². The monoisotopic (exact) mass is 336 g/mol. The molecule has 0 aliphatic rings. The Labute approximate surface area is 121 Å². The van der Waals surface area contributed by atoms with Crippen molar-refractivity contribution in [1.82, 2.24) is 10.1 Å². The van der Waals surface area contributed by atoms with Crippen molar-refractivity contribution in [3.05, 3.63) is 39.7 Å². The summed E-state index contributed by atoms with van der Waals surface area (Å²) >= 11 is 4.85. The second kappa shape index (κ2) is 4.79. The molecule has 3 rings (SSSR count). The third kappa shape index (κ3) is 2.29. The van der Waals surface area contributed by atoms with Crippen molar-refractivity contribution >= 4 is 27.3 Å². The van der Waals surface area contributed by atoms with Crippen molar-refractivity contribution < 1.29 is 9.63 Å². The second-order valence-electron chi connectivity index (χ2n) is 4.04. The molecule has 2 heterocycles. The molecule has 0 bridgehead atoms. The second-order valence-corrected chi connectivity index (χ2v) is 5.81. The van der Waals surface area contributed by atoms with Crippen LogP contribution in [0.5, 0.6) is 5.75 Å². The quantitative estimate of drug-likeness (QED) is 0.760. The van der Waals surface area contributed by atoms with Gasteiger partial charge in [-0.25, -0.2) is 0 Å². The van der Waals surface area contributed by atoms with Gasteiger partial charge in [0.1, 0.15) is 10.6 Å². The van der Waals surface area contributed by atoms with Gasteiger partial charge < -0.3 is 9.63 Å². The maximum atomic E-state index is 9.65. The zero-order valence-corrected chi connectivity index (χ0v) is 12.3. The smallest absolute Gasteiger partial charge is 0.272 e. The first kappa shape index (κ1) is 12.4. The van der Waals surface area contributed by atoms with Crippen molar-refractivity contribution in [3.8, 4) is 27.9 Å². The number of halogens is 1. The number of thiophene rings is 1. The topological polar surface area (TPSA) is 59.2 Å². The van der Waals surface area contributed by atoms with Crippen molar-refractivity contribution in [1.29, 1.82) is 0 Å². The molecule has 2 aromatic heterocycles. The maximum Gasteiger partial charge on any atom is 0.272 e. The van der Waals surface area contributed by atoms with Gasteiger partial charge in [-0.2, -0.15) is 4.98 Å². The first-order chi connectivity index (χ1) is 9.15. The fourth-order valence-electron chi connectivity index (χ4n) is 1.69. The van der Waals surface area contributed by atoms with Crippen LogP contribution in [0.1, 0.15) is 5.56 Å². The summed E-state index contributed by atoms with van der Waals surface area (Å²) in [6.45, 7) is 2.01. The Morgan fingerprint density at radius 3 is 2.84 bits per heavy atom. The van der Waals surface area contributed by atoms with Gasteiger partial charge in [0.2, 0.25) is 5.82 Å². The van der Waals surface area contributed by atoms with E-state index in [1.165, 1.54) is 11.3 Å². The van der Waals surface area contributed by atoms with E-state index >= 15 is 0 Å². The summed E-state index contributed by atoms with van der Waals surface area (Å²) < 4.78 is 6.11. The highest BCUT2D eigenvalue weighted by molar-refractivity contribution is 9.10. The molecule has 0 saturated carbocycles. The summed E-state index contributed by atoms with van der Waals surface area (Å²) in [6, 6.07) is 7.51. The van der Waals surface area contributed by atoms with Gasteiger partial charge in [-0.05, 0) is 36.1 Å². The molecule has 0 radical (unpaired) electrons. The lowest BCUT2D eigenvalue weighted by Gasteiger charge is -1.99. The van der Waals surface area contributed by atoms with Crippen LogP contribution in [0, 0.1) is 6.92 Å². The number of rotatable bonds is 2. The van der Waals surface area contributed by atoms with Crippen LogP contribution in [0.15, 0.2) is 38.6 Å². The predicted molar refractivity (Wildman–Crippen MR) is 77.1 cm³/mol. The molecule has 1 N–H and O–H groups in total. The first-order valence-corrected chi connectivity index (χ1v) is 7.19. The molecule has 0 fully saturated rings. The van der Waals surface area contributed by atoms with Crippen LogP contribution in [0.4, 0.5) is 0 Å². The van der Waals surface area contributed by atoms with Gasteiger partial charge in [0, 0.05) is 10.0 Å². The van der Waals surface area contributed by atoms with E-state index in [9.17, 15) is 5.11 Å². The summed E-state index contributed by atoms with van der Waals surface area (Å²) in [5.41, 5.74) is 2.01. The molecule has 0 atom stereocenters. The zero-order chi connectivity index (χ0) is 13.4. The maximum absolute atomic E-state index is 9.65. The third-order valence-electron chi connectivity index (χ3n) is 2.63. The van der Waals surface area contributed by atoms with Crippen molar-refractivity contribution in [2.45, 2.75) is 6.92 Å². The first-order valence-electron chi connectivity index (χ1n) is 5.52. The number of aromatic hydroxyl groups is 1. The van der Waals surface area contributed by atoms with Gasteiger partial charge >= 0.3 is 0 Å². The van der Waals surface area contributed by atoms with Crippen LogP contribution < -0.4 is 0 Å². The molecule has 0 amide bonds. The van der Waals surface area contributed by atoms with E-state index in [4.69, 9.17) is 4.52 Å². The number of aromatic nitrogens is 2. The van der Waals surface area contributed by atoms with Crippen molar-refractivity contribution in [2.75, 3.05) is 0 Å². The normalized spacial score (nSPS) is 10.8. The molecule has 96 valence electrons. The van der Waals surface area contributed by atoms with Crippen LogP contribution in [-0.2, 0) is 0 Å². The highest BCUT2D eigenvalue weighted by Crippen LogP contribution is 2.35. The van der Waals surface area contributed by atoms with E-state index in [0.29, 0.717) is 16.6 Å². The zero-order valence-electron chi connectivity index (χ0n) is 9.92. The van der Waals surface area contributed by atoms with Gasteiger partial charge in [0.25, 0.3) is 5.89 Å². The summed E-state index contributed by atoms with van der Waals surface area (Å²) in [5, 5.41) is 15.4. The highest BCUT2D eigenvalue weighted by atomic mass is 79.9. The number of benzene rings is 1. The lowest BCUT2D eigenvalue weighted by molar-refractivity contribution is 0.427. The molecule has 4 nitrogen and oxygen atoms in total. The van der Waals surface area contributed by atoms with Crippen LogP contribution >= 0.6 is 27.3 Å². The van der Waals surface area contributed by atoms with Crippen LogP contribution in [0.3, 0.4) is 0 Å². The fraction of sp³-hybridized carbons (Fsp3) is 0.0769. The minimum Gasteiger partial charge on any atom is -0.506 e. The molecule has 0 unspecified atom stereocenters. The molecule has 0 aliphatic heterocycles. The molecule has 19 heavy (non-hydrogen) atoms. The van der Waals surface area contributed by atoms with E-state index in [-0.39, 0.29) is 5.75 Å². The molecular weight excluding hydrogens is 328 g/mol. The summed E-state index contributed by atoms with van der Waals surface area (Å²) in [7, 11) is 0. The lowest BCUT2D eigenvalue weighted by atomic mass is 10.1. The lowest BCUT2D eigenvalue weighted by Crippen LogP contribution is -1.83. The highest BCUT2D eigenvalue weighted by Gasteiger charge is 2.16. The summed E-state index contributed by atoms with van der Waals surface area (Å²) in [5.74, 6) is 0.979. The van der Waals surface area contributed by atoms with Crippen LogP contribution in [0.2, 0.25) is 0 Å². The van der Waals surface area contributed by atoms with E-state index < -0.39 is 0 Å². The number of hydrogen-bond acceptors (Lipinski definition) is 5. The van der Waals surface area contributed by atoms with E-state index in [2.05, 4.69) is 26.1 Å². The van der Waals surface area contributed by atoms with Gasteiger partial charge in [-0.3, -0.25) is 0 Å². The van der Waals surface area contributed by atoms with Crippen LogP contribution in [-0.4, -0.2) is 15.2 Å². The van der Waals surface area contributed by atoms with Crippen molar-refractivity contribution in [2.24, 2.45) is 0 Å². The average molecular weight is 337 g/mol. The Balaban J connectivity index is 2.04. The predicted octanol–water partition coefficient (Wildman–Crippen LogP) is 4.24. The molecule has 6 heteroatoms. The summed E-state index contributed by atoms with van der Waals surface area (Å²) in [6.07, 6.45) is 0. The third-order valence-corrected chi connectivity index (χ3v) is 4.18. The van der Waals surface area contributed by atoms with E-state index in [1.807, 2.05) is 25.1 Å². The fourth-order valence-corrected chi connectivity index (χ4v) is 3.07. The molecular formula is C13H9BrN2O2S. The van der Waals surface area contributed by atoms with Gasteiger partial charge in [-0.15, -0.1) is 11.3 Å². The molecule has 1 aromatic carbocycles. The Bertz CT molecular complexity index is 736. The van der Waals surface area contributed by atoms with Crippen LogP contribution in [0.25, 0.3) is 22.2 Å². The molecule has 0 spiro atoms. The Morgan fingerprint density at radius 2 is 2.16 bits per heavy atom. The van der Waals surface area contributed by atoms with Gasteiger partial charge in [-0.1, -0.05) is 27.2 Å². The molecule has 0 aliphatic carbocycles. The average Bonchev–Trinajstić information content (AvgIpc) is 2.97. The minimum absolute atomic E-state index is 0.156. The SMILES string of the molecule is Cc1ccc(-c2noc(-c3sccc3O)n2)c(Br)c1. The molecule has 0 saturated heterocycles. The number of hydrogen-bond donors (Lipinski definition) is 1. The van der Waals surface area contributed by atoms with Gasteiger partial charge in [0.15, 0.2) is 0 Å². The number of aryl methyl sites for hydroxylation is 1. The standard InChI is InChI=1S/C13H9BrN2O2S/c1-7-2-3-8(9(14)6-7)12-15-13(18-16-12)11-10(17)4-5-19-11/h2-6,17H,1H3. The number of nitrogens with zero attached hydrogens (tertiary/aromatic N) is 2. The Kier molecular flexibility index (Phi) is 3.12.